The van der Waals surface area contributed by atoms with E-state index in [0.29, 0.717) is 5.41 Å². The molecule has 0 amide bonds. The Kier molecular flexibility index (Phi) is 2.85. The van der Waals surface area contributed by atoms with Crippen LogP contribution < -0.4 is 0 Å². The molecule has 2 heteroatoms. The molecule has 0 aromatic heterocycles. The minimum atomic E-state index is 0.502. The van der Waals surface area contributed by atoms with Gasteiger partial charge in [0.25, 0.3) is 0 Å². The van der Waals surface area contributed by atoms with E-state index in [1.165, 1.54) is 25.8 Å². The maximum absolute atomic E-state index is 5.66. The highest BCUT2D eigenvalue weighted by molar-refractivity contribution is 4.96. The minimum Gasteiger partial charge on any atom is -0.381 e. The second kappa shape index (κ2) is 3.82. The van der Waals surface area contributed by atoms with Crippen LogP contribution in [0.15, 0.2) is 0 Å². The van der Waals surface area contributed by atoms with Crippen LogP contribution in [0.2, 0.25) is 0 Å². The molecule has 2 heterocycles. The molecule has 82 valence electrons. The maximum atomic E-state index is 5.66. The first-order valence-electron chi connectivity index (χ1n) is 5.91. The van der Waals surface area contributed by atoms with Gasteiger partial charge in [-0.2, -0.15) is 0 Å². The summed E-state index contributed by atoms with van der Waals surface area (Å²) in [6.07, 6.45) is 3.99. The van der Waals surface area contributed by atoms with Gasteiger partial charge in [0, 0.05) is 24.6 Å². The van der Waals surface area contributed by atoms with E-state index in [2.05, 4.69) is 25.8 Å². The van der Waals surface area contributed by atoms with Crippen LogP contribution >= 0.6 is 0 Å². The normalized spacial score (nSPS) is 39.9. The Bertz CT molecular complexity index is 196. The highest BCUT2D eigenvalue weighted by Crippen LogP contribution is 2.42. The van der Waals surface area contributed by atoms with Gasteiger partial charge in [-0.15, -0.1) is 0 Å². The third-order valence-corrected chi connectivity index (χ3v) is 3.97. The first-order valence-corrected chi connectivity index (χ1v) is 5.91. The van der Waals surface area contributed by atoms with E-state index >= 15 is 0 Å². The number of hydrogen-bond acceptors (Lipinski definition) is 2. The minimum absolute atomic E-state index is 0.502. The lowest BCUT2D eigenvalue weighted by Gasteiger charge is -2.32. The molecule has 2 aliphatic rings. The molecule has 0 N–H and O–H groups in total. The number of likely N-dealkylation sites (tertiary alicyclic amines) is 1. The highest BCUT2D eigenvalue weighted by atomic mass is 16.5. The Hall–Kier alpha value is -0.0800. The lowest BCUT2D eigenvalue weighted by atomic mass is 9.79. The first-order chi connectivity index (χ1) is 6.63. The highest BCUT2D eigenvalue weighted by Gasteiger charge is 2.44. The van der Waals surface area contributed by atoms with E-state index in [4.69, 9.17) is 4.74 Å². The Morgan fingerprint density at radius 3 is 2.71 bits per heavy atom. The van der Waals surface area contributed by atoms with Crippen molar-refractivity contribution < 1.29 is 4.74 Å². The van der Waals surface area contributed by atoms with E-state index in [1.54, 1.807) is 0 Å². The van der Waals surface area contributed by atoms with Crippen LogP contribution in [0.5, 0.6) is 0 Å². The van der Waals surface area contributed by atoms with Crippen molar-refractivity contribution >= 4 is 0 Å². The summed E-state index contributed by atoms with van der Waals surface area (Å²) in [7, 11) is 2.27. The van der Waals surface area contributed by atoms with Gasteiger partial charge >= 0.3 is 0 Å². The van der Waals surface area contributed by atoms with Crippen molar-refractivity contribution in [1.29, 1.82) is 0 Å². The zero-order chi connectivity index (χ0) is 10.2. The zero-order valence-corrected chi connectivity index (χ0v) is 9.75. The number of hydrogen-bond donors (Lipinski definition) is 0. The van der Waals surface area contributed by atoms with Crippen LogP contribution in [0.3, 0.4) is 0 Å². The molecule has 0 bridgehead atoms. The van der Waals surface area contributed by atoms with Crippen molar-refractivity contribution in [3.8, 4) is 0 Å². The fourth-order valence-electron chi connectivity index (χ4n) is 3.25. The molecular formula is C12H23NO. The van der Waals surface area contributed by atoms with Gasteiger partial charge < -0.3 is 9.64 Å². The SMILES string of the molecule is CC(C)C1CC2(CCCOC2)CN1C. The Morgan fingerprint density at radius 1 is 1.43 bits per heavy atom. The largest absolute Gasteiger partial charge is 0.381 e. The summed E-state index contributed by atoms with van der Waals surface area (Å²) in [5.74, 6) is 0.779. The van der Waals surface area contributed by atoms with Gasteiger partial charge in [0.2, 0.25) is 0 Å². The number of rotatable bonds is 1. The predicted molar refractivity (Wildman–Crippen MR) is 58.4 cm³/mol. The molecule has 0 aromatic carbocycles. The first kappa shape index (κ1) is 10.4. The molecule has 2 saturated heterocycles. The third kappa shape index (κ3) is 1.82. The Labute approximate surface area is 87.6 Å². The van der Waals surface area contributed by atoms with Crippen LogP contribution in [0.4, 0.5) is 0 Å². The van der Waals surface area contributed by atoms with Crippen molar-refractivity contribution in [1.82, 2.24) is 4.90 Å². The van der Waals surface area contributed by atoms with Crippen LogP contribution in [0.1, 0.15) is 33.1 Å². The summed E-state index contributed by atoms with van der Waals surface area (Å²) < 4.78 is 5.66. The topological polar surface area (TPSA) is 12.5 Å². The summed E-state index contributed by atoms with van der Waals surface area (Å²) in [6.45, 7) is 7.90. The Balaban J connectivity index is 2.03. The van der Waals surface area contributed by atoms with Crippen molar-refractivity contribution in [2.24, 2.45) is 11.3 Å². The zero-order valence-electron chi connectivity index (χ0n) is 9.75. The molecule has 0 aliphatic carbocycles. The van der Waals surface area contributed by atoms with Gasteiger partial charge in [-0.1, -0.05) is 13.8 Å². The molecule has 2 unspecified atom stereocenters. The lowest BCUT2D eigenvalue weighted by molar-refractivity contribution is -0.00146. The van der Waals surface area contributed by atoms with Gasteiger partial charge in [-0.25, -0.2) is 0 Å². The summed E-state index contributed by atoms with van der Waals surface area (Å²) in [5, 5.41) is 0. The van der Waals surface area contributed by atoms with Crippen molar-refractivity contribution in [2.75, 3.05) is 26.8 Å². The van der Waals surface area contributed by atoms with Crippen molar-refractivity contribution in [2.45, 2.75) is 39.2 Å². The van der Waals surface area contributed by atoms with Crippen molar-refractivity contribution in [3.05, 3.63) is 0 Å². The maximum Gasteiger partial charge on any atom is 0.0535 e. The molecule has 2 nitrogen and oxygen atoms in total. The second-order valence-electron chi connectivity index (χ2n) is 5.59. The van der Waals surface area contributed by atoms with Crippen LogP contribution in [-0.2, 0) is 4.74 Å². The van der Waals surface area contributed by atoms with E-state index in [0.717, 1.165) is 25.2 Å². The molecule has 0 radical (unpaired) electrons. The average molecular weight is 197 g/mol. The summed E-state index contributed by atoms with van der Waals surface area (Å²) >= 11 is 0. The number of ether oxygens (including phenoxy) is 1. The molecule has 2 aliphatic heterocycles. The number of nitrogens with zero attached hydrogens (tertiary/aromatic N) is 1. The molecule has 2 atom stereocenters. The van der Waals surface area contributed by atoms with Gasteiger partial charge in [0.1, 0.15) is 0 Å². The summed E-state index contributed by atoms with van der Waals surface area (Å²) in [6, 6.07) is 0.775. The van der Waals surface area contributed by atoms with Gasteiger partial charge in [-0.05, 0) is 32.2 Å². The smallest absolute Gasteiger partial charge is 0.0535 e. The van der Waals surface area contributed by atoms with Crippen LogP contribution in [0, 0.1) is 11.3 Å². The van der Waals surface area contributed by atoms with Gasteiger partial charge in [0.15, 0.2) is 0 Å². The van der Waals surface area contributed by atoms with Gasteiger partial charge in [-0.3, -0.25) is 0 Å². The van der Waals surface area contributed by atoms with E-state index in [-0.39, 0.29) is 0 Å². The quantitative estimate of drug-likeness (QED) is 0.638. The average Bonchev–Trinajstić information content (AvgIpc) is 2.44. The second-order valence-corrected chi connectivity index (χ2v) is 5.59. The van der Waals surface area contributed by atoms with Crippen LogP contribution in [0.25, 0.3) is 0 Å². The molecule has 2 fully saturated rings. The summed E-state index contributed by atoms with van der Waals surface area (Å²) in [4.78, 5) is 2.54. The van der Waals surface area contributed by atoms with E-state index in [1.807, 2.05) is 0 Å². The predicted octanol–water partition coefficient (Wildman–Crippen LogP) is 2.14. The van der Waals surface area contributed by atoms with Gasteiger partial charge in [0.05, 0.1) is 6.61 Å². The van der Waals surface area contributed by atoms with Crippen LogP contribution in [-0.4, -0.2) is 37.7 Å². The van der Waals surface area contributed by atoms with E-state index in [9.17, 15) is 0 Å². The summed E-state index contributed by atoms with van der Waals surface area (Å²) in [5.41, 5.74) is 0.502. The monoisotopic (exact) mass is 197 g/mol. The molecular weight excluding hydrogens is 174 g/mol. The van der Waals surface area contributed by atoms with E-state index < -0.39 is 0 Å². The molecule has 14 heavy (non-hydrogen) atoms. The molecule has 0 aromatic rings. The molecule has 1 spiro atoms. The lowest BCUT2D eigenvalue weighted by Crippen LogP contribution is -2.34. The van der Waals surface area contributed by atoms with Crippen molar-refractivity contribution in [3.63, 3.8) is 0 Å². The third-order valence-electron chi connectivity index (χ3n) is 3.97. The molecule has 0 saturated carbocycles. The fourth-order valence-corrected chi connectivity index (χ4v) is 3.25. The standard InChI is InChI=1S/C12H23NO/c1-10(2)11-7-12(8-13(11)3)5-4-6-14-9-12/h10-11H,4-9H2,1-3H3. The molecule has 2 rings (SSSR count). The fraction of sp³-hybridized carbons (Fsp3) is 1.00. The Morgan fingerprint density at radius 2 is 2.21 bits per heavy atom.